The summed E-state index contributed by atoms with van der Waals surface area (Å²) < 4.78 is 0. The summed E-state index contributed by atoms with van der Waals surface area (Å²) in [4.78, 5) is 23.8. The van der Waals surface area contributed by atoms with E-state index in [-0.39, 0.29) is 35.9 Å². The van der Waals surface area contributed by atoms with E-state index in [1.807, 2.05) is 0 Å². The molecule has 8 rings (SSSR count). The van der Waals surface area contributed by atoms with Gasteiger partial charge in [0.05, 0.1) is 6.10 Å². The van der Waals surface area contributed by atoms with Crippen LogP contribution in [0.5, 0.6) is 0 Å². The van der Waals surface area contributed by atoms with Gasteiger partial charge in [-0.15, -0.1) is 0 Å². The summed E-state index contributed by atoms with van der Waals surface area (Å²) in [6.45, 7) is 4.79. The smallest absolute Gasteiger partial charge is 0.303 e. The molecule has 2 aromatic carbocycles. The number of carbonyl (C=O) groups excluding carboxylic acids is 1. The van der Waals surface area contributed by atoms with Gasteiger partial charge in [0.1, 0.15) is 5.78 Å². The molecule has 47 heavy (non-hydrogen) atoms. The Balaban J connectivity index is 0.000000150. The number of carboxylic acids is 1. The zero-order valence-electron chi connectivity index (χ0n) is 28.6. The molecule has 0 spiro atoms. The number of hydrogen-bond donors (Lipinski definition) is 3. The van der Waals surface area contributed by atoms with Gasteiger partial charge in [-0.1, -0.05) is 62.4 Å². The number of aliphatic hydroxyl groups is 2. The molecule has 0 bridgehead atoms. The number of aryl methyl sites for hydroxylation is 2. The van der Waals surface area contributed by atoms with Gasteiger partial charge in [-0.3, -0.25) is 9.59 Å². The van der Waals surface area contributed by atoms with E-state index in [1.165, 1.54) is 30.4 Å². The Morgan fingerprint density at radius 2 is 1.40 bits per heavy atom. The molecule has 0 heterocycles. The van der Waals surface area contributed by atoms with Crippen LogP contribution in [0.1, 0.15) is 125 Å². The minimum absolute atomic E-state index is 0.105. The van der Waals surface area contributed by atoms with Gasteiger partial charge >= 0.3 is 5.97 Å². The summed E-state index contributed by atoms with van der Waals surface area (Å²) in [7, 11) is 0. The fourth-order valence-corrected chi connectivity index (χ4v) is 12.6. The van der Waals surface area contributed by atoms with Crippen molar-refractivity contribution in [3.8, 4) is 0 Å². The summed E-state index contributed by atoms with van der Waals surface area (Å²) in [6, 6.07) is 17.8. The summed E-state index contributed by atoms with van der Waals surface area (Å²) in [5.74, 6) is 4.04. The second-order valence-corrected chi connectivity index (χ2v) is 16.8. The lowest BCUT2D eigenvalue weighted by molar-refractivity contribution is -0.137. The Morgan fingerprint density at radius 3 is 2.02 bits per heavy atom. The quantitative estimate of drug-likeness (QED) is 0.297. The molecule has 0 saturated heterocycles. The molecule has 0 aliphatic heterocycles. The number of aliphatic hydroxyl groups excluding tert-OH is 2. The monoisotopic (exact) mass is 640 g/mol. The predicted octanol–water partition coefficient (Wildman–Crippen LogP) is 8.10. The molecule has 4 fully saturated rings. The van der Waals surface area contributed by atoms with Gasteiger partial charge in [-0.2, -0.15) is 0 Å². The topological polar surface area (TPSA) is 94.8 Å². The Kier molecular flexibility index (Phi) is 9.19. The minimum atomic E-state index is -0.739. The van der Waals surface area contributed by atoms with Crippen LogP contribution in [-0.2, 0) is 22.4 Å². The van der Waals surface area contributed by atoms with Crippen LogP contribution in [0.15, 0.2) is 48.5 Å². The Morgan fingerprint density at radius 1 is 0.809 bits per heavy atom. The molecular weight excluding hydrogens is 584 g/mol. The largest absolute Gasteiger partial charge is 0.481 e. The molecule has 3 N–H and O–H groups in total. The van der Waals surface area contributed by atoms with Gasteiger partial charge in [0, 0.05) is 24.9 Å². The van der Waals surface area contributed by atoms with Crippen molar-refractivity contribution in [3.63, 3.8) is 0 Å². The van der Waals surface area contributed by atoms with Crippen LogP contribution in [0.25, 0.3) is 0 Å². The predicted molar refractivity (Wildman–Crippen MR) is 184 cm³/mol. The fraction of sp³-hybridized carbons (Fsp3) is 0.667. The summed E-state index contributed by atoms with van der Waals surface area (Å²) in [5.41, 5.74) is 6.02. The molecule has 254 valence electrons. The van der Waals surface area contributed by atoms with Crippen LogP contribution in [0.2, 0.25) is 0 Å². The number of carboxylic acid groups (broad SMARTS) is 1. The highest BCUT2D eigenvalue weighted by molar-refractivity contribution is 5.87. The maximum atomic E-state index is 12.8. The molecule has 0 aromatic heterocycles. The van der Waals surface area contributed by atoms with Crippen LogP contribution in [0.4, 0.5) is 0 Å². The first-order valence-corrected chi connectivity index (χ1v) is 18.8. The van der Waals surface area contributed by atoms with Crippen molar-refractivity contribution in [2.75, 3.05) is 6.61 Å². The van der Waals surface area contributed by atoms with E-state index in [0.717, 1.165) is 57.3 Å². The Bertz CT molecular complexity index is 1470. The van der Waals surface area contributed by atoms with E-state index in [1.54, 1.807) is 11.1 Å². The van der Waals surface area contributed by atoms with Gasteiger partial charge < -0.3 is 15.3 Å². The summed E-state index contributed by atoms with van der Waals surface area (Å²) >= 11 is 0. The zero-order valence-corrected chi connectivity index (χ0v) is 28.6. The van der Waals surface area contributed by atoms with Crippen LogP contribution in [0.3, 0.4) is 0 Å². The minimum Gasteiger partial charge on any atom is -0.481 e. The van der Waals surface area contributed by atoms with Gasteiger partial charge in [0.15, 0.2) is 0 Å². The molecule has 1 unspecified atom stereocenters. The second kappa shape index (κ2) is 13.1. The van der Waals surface area contributed by atoms with Crippen LogP contribution in [0, 0.1) is 46.3 Å². The number of ketones is 1. The summed E-state index contributed by atoms with van der Waals surface area (Å²) in [6.07, 6.45) is 13.4. The van der Waals surface area contributed by atoms with Gasteiger partial charge in [-0.25, -0.2) is 0 Å². The number of aliphatic carboxylic acids is 1. The first-order valence-electron chi connectivity index (χ1n) is 18.8. The van der Waals surface area contributed by atoms with E-state index < -0.39 is 5.97 Å². The third kappa shape index (κ3) is 5.71. The van der Waals surface area contributed by atoms with Crippen molar-refractivity contribution >= 4 is 11.8 Å². The Labute approximate surface area is 281 Å². The lowest BCUT2D eigenvalue weighted by atomic mass is 9.54. The van der Waals surface area contributed by atoms with Crippen molar-refractivity contribution in [2.45, 2.75) is 122 Å². The molecule has 0 radical (unpaired) electrons. The first-order chi connectivity index (χ1) is 22.7. The maximum Gasteiger partial charge on any atom is 0.303 e. The van der Waals surface area contributed by atoms with Crippen molar-refractivity contribution in [1.82, 2.24) is 0 Å². The van der Waals surface area contributed by atoms with Gasteiger partial charge in [-0.05, 0) is 152 Å². The van der Waals surface area contributed by atoms with E-state index in [2.05, 4.69) is 62.4 Å². The van der Waals surface area contributed by atoms with E-state index >= 15 is 0 Å². The normalized spacial score (nSPS) is 39.7. The fourth-order valence-electron chi connectivity index (χ4n) is 12.6. The average Bonchev–Trinajstić information content (AvgIpc) is 3.50. The third-order valence-electron chi connectivity index (χ3n) is 14.7. The average molecular weight is 641 g/mol. The highest BCUT2D eigenvalue weighted by atomic mass is 16.4. The maximum absolute atomic E-state index is 12.8. The molecular formula is C42H56O5. The number of carbonyl (C=O) groups is 2. The van der Waals surface area contributed by atoms with E-state index in [9.17, 15) is 19.8 Å². The number of hydrogen-bond acceptors (Lipinski definition) is 4. The van der Waals surface area contributed by atoms with Crippen molar-refractivity contribution in [1.29, 1.82) is 0 Å². The van der Waals surface area contributed by atoms with E-state index in [0.29, 0.717) is 54.1 Å². The second-order valence-electron chi connectivity index (χ2n) is 16.8. The molecule has 2 aromatic rings. The van der Waals surface area contributed by atoms with Gasteiger partial charge in [0.2, 0.25) is 0 Å². The first kappa shape index (κ1) is 33.0. The highest BCUT2D eigenvalue weighted by Crippen LogP contribution is 2.64. The number of Topliss-reactive ketones (excluding diaryl/α,β-unsaturated/α-hetero) is 1. The molecule has 5 nitrogen and oxygen atoms in total. The van der Waals surface area contributed by atoms with Crippen molar-refractivity contribution in [3.05, 3.63) is 70.8 Å². The van der Waals surface area contributed by atoms with Crippen LogP contribution >= 0.6 is 0 Å². The van der Waals surface area contributed by atoms with Crippen molar-refractivity contribution < 1.29 is 24.9 Å². The highest BCUT2D eigenvalue weighted by Gasteiger charge is 2.59. The third-order valence-corrected chi connectivity index (χ3v) is 14.7. The molecule has 6 aliphatic carbocycles. The number of benzene rings is 2. The lowest BCUT2D eigenvalue weighted by Gasteiger charge is -2.51. The van der Waals surface area contributed by atoms with Gasteiger partial charge in [0.25, 0.3) is 0 Å². The molecule has 5 heteroatoms. The lowest BCUT2D eigenvalue weighted by Crippen LogP contribution is -2.45. The molecule has 6 aliphatic rings. The zero-order chi connectivity index (χ0) is 32.9. The van der Waals surface area contributed by atoms with Crippen LogP contribution < -0.4 is 0 Å². The molecule has 4 saturated carbocycles. The molecule has 11 atom stereocenters. The number of fused-ring (bicyclic) bond motifs is 10. The summed E-state index contributed by atoms with van der Waals surface area (Å²) in [5, 5.41) is 29.1. The Hall–Kier alpha value is -2.50. The SMILES string of the molecule is C[C@]12CC[C@@H]3c4ccccc4CC[C@H]3[C@@H]1[C@H](CCC(=O)O)CC2=O.C[C@]12CC[C@@H]3c4ccccc4CC[C@H]3[C@@H]1[C@H](CCCO)CC2O. The van der Waals surface area contributed by atoms with E-state index in [4.69, 9.17) is 5.11 Å². The molecule has 0 amide bonds. The van der Waals surface area contributed by atoms with Crippen molar-refractivity contribution in [2.24, 2.45) is 46.3 Å². The number of rotatable bonds is 6. The van der Waals surface area contributed by atoms with Crippen LogP contribution in [-0.4, -0.2) is 39.8 Å². The standard InChI is InChI=1S/C21H26O3.C21H30O2/c1-21-11-10-16-15-5-3-2-4-13(15)6-8-17(16)20(21)14(12-18(21)22)7-9-19(23)24;1-21-11-10-17-16-7-3-2-5-14(16)8-9-18(17)20(21)15(6-4-12-22)13-19(21)23/h2-5,14,16-17,20H,6-12H2,1H3,(H,23,24);2-3,5,7,15,17-20,22-23H,4,6,8-13H2,1H3/t14-,16-,17-,20+,21-;15-,17-,18-,19?,20+,21-/m11/s1.